The van der Waals surface area contributed by atoms with Crippen molar-refractivity contribution in [3.8, 4) is 22.5 Å². The molecule has 0 atom stereocenters. The number of carbonyl (C=O) groups is 1. The number of fused-ring (bicyclic) bond motifs is 2. The molecule has 0 unspecified atom stereocenters. The molecule has 5 rings (SSSR count). The molecule has 0 N–H and O–H groups in total. The number of carbonyl (C=O) groups excluding carboxylic acids is 1. The summed E-state index contributed by atoms with van der Waals surface area (Å²) >= 11 is 0. The second-order valence-electron chi connectivity index (χ2n) is 7.21. The van der Waals surface area contributed by atoms with Gasteiger partial charge in [0.2, 0.25) is 0 Å². The molecular formula is C23H18N6O. The van der Waals surface area contributed by atoms with E-state index in [9.17, 15) is 4.79 Å². The molecular weight excluding hydrogens is 376 g/mol. The predicted molar refractivity (Wildman–Crippen MR) is 115 cm³/mol. The smallest absolute Gasteiger partial charge is 0.253 e. The maximum Gasteiger partial charge on any atom is 0.253 e. The van der Waals surface area contributed by atoms with Gasteiger partial charge in [-0.2, -0.15) is 0 Å². The zero-order chi connectivity index (χ0) is 20.7. The number of amides is 1. The largest absolute Gasteiger partial charge is 0.345 e. The van der Waals surface area contributed by atoms with Crippen LogP contribution in [0.3, 0.4) is 0 Å². The Morgan fingerprint density at radius 2 is 1.63 bits per heavy atom. The van der Waals surface area contributed by atoms with Gasteiger partial charge >= 0.3 is 0 Å². The van der Waals surface area contributed by atoms with Crippen LogP contribution in [0.4, 0.5) is 0 Å². The van der Waals surface area contributed by atoms with Gasteiger partial charge < -0.3 is 4.90 Å². The first-order chi connectivity index (χ1) is 14.6. The second kappa shape index (κ2) is 7.04. The van der Waals surface area contributed by atoms with Crippen LogP contribution in [-0.4, -0.2) is 49.5 Å². The molecule has 2 aromatic carbocycles. The normalized spacial score (nSPS) is 11.1. The maximum atomic E-state index is 12.3. The molecule has 0 fully saturated rings. The monoisotopic (exact) mass is 394 g/mol. The fourth-order valence-corrected chi connectivity index (χ4v) is 3.45. The molecule has 0 aliphatic rings. The van der Waals surface area contributed by atoms with Crippen molar-refractivity contribution in [3.63, 3.8) is 0 Å². The van der Waals surface area contributed by atoms with E-state index in [1.165, 1.54) is 0 Å². The van der Waals surface area contributed by atoms with E-state index in [0.29, 0.717) is 5.56 Å². The average molecular weight is 394 g/mol. The molecule has 0 saturated carbocycles. The van der Waals surface area contributed by atoms with Gasteiger partial charge in [-0.15, -0.1) is 10.2 Å². The lowest BCUT2D eigenvalue weighted by atomic mass is 10.0. The van der Waals surface area contributed by atoms with Gasteiger partial charge in [0.1, 0.15) is 0 Å². The second-order valence-corrected chi connectivity index (χ2v) is 7.21. The fourth-order valence-electron chi connectivity index (χ4n) is 3.45. The van der Waals surface area contributed by atoms with E-state index in [2.05, 4.69) is 20.2 Å². The van der Waals surface area contributed by atoms with E-state index in [1.807, 2.05) is 65.2 Å². The lowest BCUT2D eigenvalue weighted by Crippen LogP contribution is -2.21. The summed E-state index contributed by atoms with van der Waals surface area (Å²) in [5.74, 6) is 0.695. The van der Waals surface area contributed by atoms with Crippen molar-refractivity contribution >= 4 is 22.6 Å². The van der Waals surface area contributed by atoms with Crippen LogP contribution in [0.25, 0.3) is 39.2 Å². The lowest BCUT2D eigenvalue weighted by molar-refractivity contribution is 0.0827. The minimum absolute atomic E-state index is 0.0276. The van der Waals surface area contributed by atoms with Crippen LogP contribution in [0.2, 0.25) is 0 Å². The average Bonchev–Trinajstić information content (AvgIpc) is 3.21. The molecule has 7 heteroatoms. The van der Waals surface area contributed by atoms with E-state index < -0.39 is 0 Å². The van der Waals surface area contributed by atoms with E-state index in [1.54, 1.807) is 31.4 Å². The number of rotatable bonds is 3. The van der Waals surface area contributed by atoms with Crippen LogP contribution in [0.1, 0.15) is 10.4 Å². The summed E-state index contributed by atoms with van der Waals surface area (Å²) in [7, 11) is 3.50. The first-order valence-corrected chi connectivity index (χ1v) is 9.48. The van der Waals surface area contributed by atoms with Crippen molar-refractivity contribution in [1.82, 2.24) is 29.5 Å². The maximum absolute atomic E-state index is 12.3. The van der Waals surface area contributed by atoms with Crippen LogP contribution in [0, 0.1) is 0 Å². The molecule has 0 radical (unpaired) electrons. The molecule has 7 nitrogen and oxygen atoms in total. The van der Waals surface area contributed by atoms with Gasteiger partial charge in [0.05, 0.1) is 11.0 Å². The number of hydrogen-bond donors (Lipinski definition) is 0. The molecule has 3 heterocycles. The highest BCUT2D eigenvalue weighted by Crippen LogP contribution is 2.26. The molecule has 5 aromatic rings. The highest BCUT2D eigenvalue weighted by Gasteiger charge is 2.12. The van der Waals surface area contributed by atoms with Crippen molar-refractivity contribution in [2.45, 2.75) is 0 Å². The topological polar surface area (TPSA) is 76.3 Å². The first-order valence-electron chi connectivity index (χ1n) is 9.48. The third-order valence-corrected chi connectivity index (χ3v) is 4.98. The van der Waals surface area contributed by atoms with E-state index in [0.717, 1.165) is 39.2 Å². The summed E-state index contributed by atoms with van der Waals surface area (Å²) in [4.78, 5) is 22.6. The van der Waals surface area contributed by atoms with Crippen LogP contribution >= 0.6 is 0 Å². The molecule has 1 amide bonds. The van der Waals surface area contributed by atoms with Gasteiger partial charge in [-0.1, -0.05) is 12.1 Å². The molecule has 0 aliphatic carbocycles. The van der Waals surface area contributed by atoms with E-state index in [4.69, 9.17) is 0 Å². The van der Waals surface area contributed by atoms with Crippen LogP contribution < -0.4 is 0 Å². The molecule has 0 bridgehead atoms. The van der Waals surface area contributed by atoms with Crippen molar-refractivity contribution in [2.75, 3.05) is 14.1 Å². The molecule has 3 aromatic heterocycles. The van der Waals surface area contributed by atoms with Crippen molar-refractivity contribution in [2.24, 2.45) is 0 Å². The van der Waals surface area contributed by atoms with Gasteiger partial charge in [0.15, 0.2) is 11.5 Å². The Morgan fingerprint density at radius 1 is 0.833 bits per heavy atom. The molecule has 0 spiro atoms. The number of hydrogen-bond acceptors (Lipinski definition) is 5. The summed E-state index contributed by atoms with van der Waals surface area (Å²) in [6.07, 6.45) is 5.34. The van der Waals surface area contributed by atoms with E-state index >= 15 is 0 Å². The van der Waals surface area contributed by atoms with Crippen molar-refractivity contribution < 1.29 is 4.79 Å². The Hall–Kier alpha value is -4.13. The summed E-state index contributed by atoms with van der Waals surface area (Å²) in [5, 5.41) is 8.68. The van der Waals surface area contributed by atoms with Gasteiger partial charge in [0, 0.05) is 43.8 Å². The van der Waals surface area contributed by atoms with Crippen LogP contribution in [0.15, 0.2) is 73.2 Å². The van der Waals surface area contributed by atoms with E-state index in [-0.39, 0.29) is 5.91 Å². The summed E-state index contributed by atoms with van der Waals surface area (Å²) in [6.45, 7) is 0. The molecule has 146 valence electrons. The lowest BCUT2D eigenvalue weighted by Gasteiger charge is -2.11. The first kappa shape index (κ1) is 17.9. The van der Waals surface area contributed by atoms with Crippen LogP contribution in [0.5, 0.6) is 0 Å². The SMILES string of the molecule is CN(C)C(=O)c1cccc(-c2ccc3nnc(-c4ccc5nccnc5c4)n3c2)c1. The highest BCUT2D eigenvalue weighted by atomic mass is 16.2. The molecule has 30 heavy (non-hydrogen) atoms. The molecule has 0 aliphatic heterocycles. The molecule has 0 saturated heterocycles. The highest BCUT2D eigenvalue weighted by molar-refractivity contribution is 5.95. The van der Waals surface area contributed by atoms with Crippen molar-refractivity contribution in [3.05, 3.63) is 78.8 Å². The number of nitrogens with zero attached hydrogens (tertiary/aromatic N) is 6. The third-order valence-electron chi connectivity index (χ3n) is 4.98. The quantitative estimate of drug-likeness (QED) is 0.466. The zero-order valence-electron chi connectivity index (χ0n) is 16.5. The Balaban J connectivity index is 1.61. The number of aromatic nitrogens is 5. The number of benzene rings is 2. The van der Waals surface area contributed by atoms with Gasteiger partial charge in [-0.05, 0) is 53.6 Å². The fraction of sp³-hybridized carbons (Fsp3) is 0.0870. The third kappa shape index (κ3) is 3.06. The summed E-state index contributed by atoms with van der Waals surface area (Å²) in [5.41, 5.74) is 5.86. The van der Waals surface area contributed by atoms with Gasteiger partial charge in [-0.3, -0.25) is 19.2 Å². The Morgan fingerprint density at radius 3 is 2.47 bits per heavy atom. The Labute approximate surface area is 172 Å². The standard InChI is InChI=1S/C23H18N6O/c1-28(2)23(30)17-5-3-4-15(12-17)18-7-9-21-26-27-22(29(21)14-18)16-6-8-19-20(13-16)25-11-10-24-19/h3-14H,1-2H3. The Kier molecular flexibility index (Phi) is 4.21. The van der Waals surface area contributed by atoms with Gasteiger partial charge in [-0.25, -0.2) is 0 Å². The minimum Gasteiger partial charge on any atom is -0.345 e. The van der Waals surface area contributed by atoms with Crippen LogP contribution in [-0.2, 0) is 0 Å². The predicted octanol–water partition coefficient (Wildman–Crippen LogP) is 3.71. The summed E-state index contributed by atoms with van der Waals surface area (Å²) < 4.78 is 1.95. The zero-order valence-corrected chi connectivity index (χ0v) is 16.5. The number of pyridine rings is 1. The Bertz CT molecular complexity index is 1410. The minimum atomic E-state index is -0.0276. The van der Waals surface area contributed by atoms with Gasteiger partial charge in [0.25, 0.3) is 5.91 Å². The summed E-state index contributed by atoms with van der Waals surface area (Å²) in [6, 6.07) is 17.4. The van der Waals surface area contributed by atoms with Crippen molar-refractivity contribution in [1.29, 1.82) is 0 Å².